The van der Waals surface area contributed by atoms with Crippen LogP contribution in [0.25, 0.3) is 0 Å². The third-order valence-corrected chi connectivity index (χ3v) is 7.61. The van der Waals surface area contributed by atoms with Crippen molar-refractivity contribution >= 4 is 23.0 Å². The number of oxime groups is 1. The molecule has 0 radical (unpaired) electrons. The normalized spacial score (nSPS) is 18.2. The number of nitrogens with zero attached hydrogens (tertiary/aromatic N) is 4. The van der Waals surface area contributed by atoms with Crippen LogP contribution in [0.5, 0.6) is 0 Å². The summed E-state index contributed by atoms with van der Waals surface area (Å²) in [7, 11) is 0. The molecule has 37 heavy (non-hydrogen) atoms. The number of amides is 1. The summed E-state index contributed by atoms with van der Waals surface area (Å²) in [5.41, 5.74) is -0.196. The lowest BCUT2D eigenvalue weighted by atomic mass is 9.97. The number of carbonyl (C=O) groups excluding carboxylic acids is 1. The molecule has 4 heterocycles. The Balaban J connectivity index is 1.19. The zero-order valence-electron chi connectivity index (χ0n) is 19.4. The molecular weight excluding hydrogens is 512 g/mol. The number of hydrogen-bond donors (Lipinski definition) is 0. The third kappa shape index (κ3) is 5.15. The van der Waals surface area contributed by atoms with Crippen LogP contribution in [0.3, 0.4) is 0 Å². The first-order chi connectivity index (χ1) is 17.8. The number of pyridine rings is 1. The second-order valence-corrected chi connectivity index (χ2v) is 9.76. The van der Waals surface area contributed by atoms with E-state index in [0.717, 1.165) is 21.7 Å². The maximum Gasteiger partial charge on any atom is 0.278 e. The Bertz CT molecular complexity index is 1380. The number of carbonyl (C=O) groups is 1. The Morgan fingerprint density at radius 2 is 1.81 bits per heavy atom. The lowest BCUT2D eigenvalue weighted by Crippen LogP contribution is -2.41. The van der Waals surface area contributed by atoms with E-state index in [4.69, 9.17) is 4.84 Å². The van der Waals surface area contributed by atoms with Crippen LogP contribution in [0.2, 0.25) is 0 Å². The molecule has 12 heteroatoms. The number of thiazole rings is 1. The Hall–Kier alpha value is -3.54. The molecule has 0 N–H and O–H groups in total. The SMILES string of the molecule is O=C(Cn1c(C(F)F)cccc1=O)N1CCC(c2nc(C3=NOC(c4c(F)cccc4F)C3)cs2)CC1. The van der Waals surface area contributed by atoms with Crippen LogP contribution < -0.4 is 5.56 Å². The van der Waals surface area contributed by atoms with Crippen LogP contribution in [0.4, 0.5) is 17.6 Å². The summed E-state index contributed by atoms with van der Waals surface area (Å²) in [5, 5.41) is 6.67. The molecule has 2 aliphatic heterocycles. The van der Waals surface area contributed by atoms with Crippen molar-refractivity contribution < 1.29 is 27.2 Å². The molecule has 3 aromatic rings. The van der Waals surface area contributed by atoms with Crippen molar-refractivity contribution in [2.45, 2.75) is 44.3 Å². The van der Waals surface area contributed by atoms with Crippen molar-refractivity contribution in [2.75, 3.05) is 13.1 Å². The van der Waals surface area contributed by atoms with Gasteiger partial charge in [-0.05, 0) is 31.0 Å². The Morgan fingerprint density at radius 1 is 1.11 bits per heavy atom. The molecule has 7 nitrogen and oxygen atoms in total. The molecule has 1 amide bonds. The summed E-state index contributed by atoms with van der Waals surface area (Å²) < 4.78 is 55.5. The van der Waals surface area contributed by atoms with Crippen molar-refractivity contribution in [3.05, 3.63) is 85.7 Å². The van der Waals surface area contributed by atoms with E-state index in [1.165, 1.54) is 35.6 Å². The van der Waals surface area contributed by atoms with E-state index in [1.54, 1.807) is 4.90 Å². The minimum Gasteiger partial charge on any atom is -0.387 e. The van der Waals surface area contributed by atoms with E-state index in [-0.39, 0.29) is 17.9 Å². The van der Waals surface area contributed by atoms with Gasteiger partial charge in [-0.1, -0.05) is 17.3 Å². The van der Waals surface area contributed by atoms with Gasteiger partial charge in [0.15, 0.2) is 6.10 Å². The van der Waals surface area contributed by atoms with Crippen molar-refractivity contribution in [3.8, 4) is 0 Å². The predicted octanol–water partition coefficient (Wildman–Crippen LogP) is 4.79. The second-order valence-electron chi connectivity index (χ2n) is 8.87. The minimum atomic E-state index is -2.86. The molecule has 194 valence electrons. The van der Waals surface area contributed by atoms with E-state index >= 15 is 0 Å². The lowest BCUT2D eigenvalue weighted by molar-refractivity contribution is -0.133. The quantitative estimate of drug-likeness (QED) is 0.426. The smallest absolute Gasteiger partial charge is 0.278 e. The summed E-state index contributed by atoms with van der Waals surface area (Å²) in [6.45, 7) is 0.375. The van der Waals surface area contributed by atoms with Gasteiger partial charge in [0.25, 0.3) is 12.0 Å². The van der Waals surface area contributed by atoms with Gasteiger partial charge >= 0.3 is 0 Å². The van der Waals surface area contributed by atoms with Gasteiger partial charge in [-0.2, -0.15) is 0 Å². The first-order valence-electron chi connectivity index (χ1n) is 11.7. The summed E-state index contributed by atoms with van der Waals surface area (Å²) >= 11 is 1.44. The lowest BCUT2D eigenvalue weighted by Gasteiger charge is -2.31. The summed E-state index contributed by atoms with van der Waals surface area (Å²) in [6, 6.07) is 7.18. The van der Waals surface area contributed by atoms with Crippen molar-refractivity contribution in [1.29, 1.82) is 0 Å². The average molecular weight is 535 g/mol. The topological polar surface area (TPSA) is 76.8 Å². The van der Waals surface area contributed by atoms with Gasteiger partial charge in [-0.15, -0.1) is 11.3 Å². The minimum absolute atomic E-state index is 0.0848. The second kappa shape index (κ2) is 10.4. The standard InChI is InChI=1S/C25H22F4N4O3S/c26-15-3-1-4-16(27)23(15)20-11-17(31-36-20)18-13-37-25(30-18)14-7-9-32(10-8-14)22(35)12-33-19(24(28)29)5-2-6-21(33)34/h1-6,13-14,20,24H,7-12H2. The molecule has 1 aromatic carbocycles. The van der Waals surface area contributed by atoms with Crippen LogP contribution >= 0.6 is 11.3 Å². The fourth-order valence-electron chi connectivity index (χ4n) is 4.62. The molecule has 0 aliphatic carbocycles. The number of piperidine rings is 1. The van der Waals surface area contributed by atoms with E-state index in [0.29, 0.717) is 37.3 Å². The number of rotatable bonds is 6. The van der Waals surface area contributed by atoms with Gasteiger partial charge in [0.05, 0.1) is 22.0 Å². The molecule has 1 fully saturated rings. The zero-order valence-corrected chi connectivity index (χ0v) is 20.3. The van der Waals surface area contributed by atoms with Gasteiger partial charge < -0.3 is 9.74 Å². The molecule has 5 rings (SSSR count). The van der Waals surface area contributed by atoms with Crippen molar-refractivity contribution in [2.24, 2.45) is 5.16 Å². The Kier molecular flexibility index (Phi) is 7.09. The molecule has 2 aromatic heterocycles. The van der Waals surface area contributed by atoms with Crippen LogP contribution in [0.15, 0.2) is 51.7 Å². The van der Waals surface area contributed by atoms with Crippen LogP contribution in [0.1, 0.15) is 59.7 Å². The Labute approximate surface area is 213 Å². The van der Waals surface area contributed by atoms with E-state index in [9.17, 15) is 27.2 Å². The number of halogens is 4. The fourth-order valence-corrected chi connectivity index (χ4v) is 5.62. The molecule has 1 saturated heterocycles. The number of benzene rings is 1. The van der Waals surface area contributed by atoms with Gasteiger partial charge in [-0.25, -0.2) is 22.5 Å². The van der Waals surface area contributed by atoms with Crippen LogP contribution in [0, 0.1) is 11.6 Å². The van der Waals surface area contributed by atoms with Gasteiger partial charge in [0.2, 0.25) is 5.91 Å². The van der Waals surface area contributed by atoms with Crippen LogP contribution in [-0.2, 0) is 16.2 Å². The van der Waals surface area contributed by atoms with E-state index in [1.807, 2.05) is 5.38 Å². The van der Waals surface area contributed by atoms with Crippen molar-refractivity contribution in [3.63, 3.8) is 0 Å². The van der Waals surface area contributed by atoms with E-state index < -0.39 is 47.9 Å². The molecule has 0 spiro atoms. The number of aromatic nitrogens is 2. The highest BCUT2D eigenvalue weighted by Gasteiger charge is 2.31. The first kappa shape index (κ1) is 25.1. The monoisotopic (exact) mass is 534 g/mol. The number of likely N-dealkylation sites (tertiary alicyclic amines) is 1. The molecular formula is C25H22F4N4O3S. The summed E-state index contributed by atoms with van der Waals surface area (Å²) in [6.07, 6.45) is -2.29. The zero-order chi connectivity index (χ0) is 26.1. The van der Waals surface area contributed by atoms with Gasteiger partial charge in [0.1, 0.15) is 23.9 Å². The van der Waals surface area contributed by atoms with Gasteiger partial charge in [-0.3, -0.25) is 14.2 Å². The molecule has 1 atom stereocenters. The average Bonchev–Trinajstić information content (AvgIpc) is 3.55. The fraction of sp³-hybridized carbons (Fsp3) is 0.360. The highest BCUT2D eigenvalue weighted by molar-refractivity contribution is 7.10. The molecule has 2 aliphatic rings. The van der Waals surface area contributed by atoms with Crippen molar-refractivity contribution in [1.82, 2.24) is 14.5 Å². The highest BCUT2D eigenvalue weighted by atomic mass is 32.1. The molecule has 0 bridgehead atoms. The number of alkyl halides is 2. The maximum atomic E-state index is 14.1. The van der Waals surface area contributed by atoms with Gasteiger partial charge in [0, 0.05) is 36.9 Å². The highest BCUT2D eigenvalue weighted by Crippen LogP contribution is 2.35. The predicted molar refractivity (Wildman–Crippen MR) is 128 cm³/mol. The summed E-state index contributed by atoms with van der Waals surface area (Å²) in [5.74, 6) is -1.69. The largest absolute Gasteiger partial charge is 0.387 e. The Morgan fingerprint density at radius 3 is 2.51 bits per heavy atom. The van der Waals surface area contributed by atoms with E-state index in [2.05, 4.69) is 10.1 Å². The number of hydrogen-bond acceptors (Lipinski definition) is 6. The summed E-state index contributed by atoms with van der Waals surface area (Å²) in [4.78, 5) is 36.3. The molecule has 1 unspecified atom stereocenters. The van der Waals surface area contributed by atoms with Crippen LogP contribution in [-0.4, -0.2) is 39.2 Å². The third-order valence-electron chi connectivity index (χ3n) is 6.61. The maximum absolute atomic E-state index is 14.1. The molecule has 0 saturated carbocycles. The first-order valence-corrected chi connectivity index (χ1v) is 12.6.